The highest BCUT2D eigenvalue weighted by Crippen LogP contribution is 2.21. The second kappa shape index (κ2) is 5.63. The first kappa shape index (κ1) is 13.2. The topological polar surface area (TPSA) is 60.2 Å². The lowest BCUT2D eigenvalue weighted by Crippen LogP contribution is -2.30. The van der Waals surface area contributed by atoms with Gasteiger partial charge < -0.3 is 15.8 Å². The zero-order valence-electron chi connectivity index (χ0n) is 10.8. The Labute approximate surface area is 113 Å². The van der Waals surface area contributed by atoms with E-state index in [4.69, 9.17) is 22.7 Å². The first-order chi connectivity index (χ1) is 8.58. The van der Waals surface area contributed by atoms with E-state index in [1.807, 2.05) is 19.9 Å². The fraction of sp³-hybridized carbons (Fsp3) is 0.538. The Hall–Kier alpha value is -1.20. The number of hydrogen-bond donors (Lipinski definition) is 2. The molecule has 3 N–H and O–H groups in total. The summed E-state index contributed by atoms with van der Waals surface area (Å²) in [6.45, 7) is 5.58. The molecule has 5 heteroatoms. The zero-order chi connectivity index (χ0) is 13.1. The maximum absolute atomic E-state index is 5.80. The second-order valence-corrected chi connectivity index (χ2v) is 5.14. The van der Waals surface area contributed by atoms with E-state index in [0.717, 1.165) is 48.7 Å². The number of nitrogens with zero attached hydrogens (tertiary/aromatic N) is 1. The maximum atomic E-state index is 5.80. The maximum Gasteiger partial charge on any atom is 0.136 e. The summed E-state index contributed by atoms with van der Waals surface area (Å²) >= 11 is 5.12. The number of anilines is 1. The number of rotatable bonds is 3. The van der Waals surface area contributed by atoms with Gasteiger partial charge in [0.15, 0.2) is 0 Å². The molecule has 0 unspecified atom stereocenters. The molecule has 1 aromatic rings. The number of pyridine rings is 1. The molecule has 1 aliphatic heterocycles. The highest BCUT2D eigenvalue weighted by Gasteiger charge is 2.18. The second-order valence-electron chi connectivity index (χ2n) is 4.70. The molecule has 1 aliphatic rings. The first-order valence-electron chi connectivity index (χ1n) is 6.20. The average Bonchev–Trinajstić information content (AvgIpc) is 2.28. The van der Waals surface area contributed by atoms with Gasteiger partial charge in [-0.3, -0.25) is 0 Å². The number of thiocarbonyl (C=S) groups is 1. The molecule has 2 rings (SSSR count). The van der Waals surface area contributed by atoms with Gasteiger partial charge in [0.05, 0.1) is 5.56 Å². The van der Waals surface area contributed by atoms with Gasteiger partial charge in [-0.15, -0.1) is 0 Å². The minimum Gasteiger partial charge on any atom is -0.389 e. The summed E-state index contributed by atoms with van der Waals surface area (Å²) in [7, 11) is 0. The Balaban J connectivity index is 2.27. The third-order valence-electron chi connectivity index (χ3n) is 3.15. The van der Waals surface area contributed by atoms with Gasteiger partial charge in [-0.2, -0.15) is 0 Å². The molecule has 4 nitrogen and oxygen atoms in total. The molecule has 0 aliphatic carbocycles. The zero-order valence-corrected chi connectivity index (χ0v) is 11.6. The standard InChI is InChI=1S/C13H19N3OS/c1-8-7-9(2)15-13(11(8)12(14)18)16-10-3-5-17-6-4-10/h7,10H,3-6H2,1-2H3,(H2,14,18)(H,15,16). The van der Waals surface area contributed by atoms with Crippen molar-refractivity contribution in [2.24, 2.45) is 5.73 Å². The van der Waals surface area contributed by atoms with Crippen LogP contribution in [0.15, 0.2) is 6.07 Å². The Bertz CT molecular complexity index is 456. The van der Waals surface area contributed by atoms with E-state index in [-0.39, 0.29) is 0 Å². The van der Waals surface area contributed by atoms with Gasteiger partial charge in [-0.1, -0.05) is 12.2 Å². The van der Waals surface area contributed by atoms with Crippen molar-refractivity contribution in [1.29, 1.82) is 0 Å². The normalized spacial score (nSPS) is 16.6. The lowest BCUT2D eigenvalue weighted by atomic mass is 10.1. The molecule has 0 spiro atoms. The van der Waals surface area contributed by atoms with Crippen molar-refractivity contribution < 1.29 is 4.74 Å². The largest absolute Gasteiger partial charge is 0.389 e. The Morgan fingerprint density at radius 3 is 2.72 bits per heavy atom. The molecule has 0 radical (unpaired) electrons. The van der Waals surface area contributed by atoms with E-state index >= 15 is 0 Å². The molecule has 0 aromatic carbocycles. The summed E-state index contributed by atoms with van der Waals surface area (Å²) in [5.74, 6) is 0.812. The van der Waals surface area contributed by atoms with E-state index in [0.29, 0.717) is 11.0 Å². The molecule has 1 fully saturated rings. The number of aromatic nitrogens is 1. The quantitative estimate of drug-likeness (QED) is 0.818. The van der Waals surface area contributed by atoms with Crippen molar-refractivity contribution in [2.75, 3.05) is 18.5 Å². The average molecular weight is 265 g/mol. The van der Waals surface area contributed by atoms with Crippen molar-refractivity contribution in [3.63, 3.8) is 0 Å². The van der Waals surface area contributed by atoms with Crippen LogP contribution >= 0.6 is 12.2 Å². The van der Waals surface area contributed by atoms with Crippen molar-refractivity contribution >= 4 is 23.0 Å². The summed E-state index contributed by atoms with van der Waals surface area (Å²) in [6.07, 6.45) is 1.98. The summed E-state index contributed by atoms with van der Waals surface area (Å²) in [6, 6.07) is 2.39. The van der Waals surface area contributed by atoms with Crippen LogP contribution in [-0.4, -0.2) is 29.2 Å². The van der Waals surface area contributed by atoms with E-state index < -0.39 is 0 Å². The Kier molecular flexibility index (Phi) is 4.14. The number of nitrogens with one attached hydrogen (secondary N) is 1. The van der Waals surface area contributed by atoms with Crippen molar-refractivity contribution in [2.45, 2.75) is 32.7 Å². The van der Waals surface area contributed by atoms with E-state index in [9.17, 15) is 0 Å². The monoisotopic (exact) mass is 265 g/mol. The van der Waals surface area contributed by atoms with Crippen LogP contribution in [0.2, 0.25) is 0 Å². The van der Waals surface area contributed by atoms with Crippen LogP contribution in [0.3, 0.4) is 0 Å². The minimum atomic E-state index is 0.389. The Morgan fingerprint density at radius 2 is 2.11 bits per heavy atom. The molecule has 2 heterocycles. The molecule has 0 saturated carbocycles. The fourth-order valence-corrected chi connectivity index (χ4v) is 2.55. The molecule has 0 atom stereocenters. The number of aryl methyl sites for hydroxylation is 2. The number of ether oxygens (including phenoxy) is 1. The van der Waals surface area contributed by atoms with Gasteiger partial charge in [0.1, 0.15) is 10.8 Å². The van der Waals surface area contributed by atoms with Gasteiger partial charge in [0, 0.05) is 24.9 Å². The number of hydrogen-bond acceptors (Lipinski definition) is 4. The molecule has 18 heavy (non-hydrogen) atoms. The minimum absolute atomic E-state index is 0.389. The SMILES string of the molecule is Cc1cc(C)c(C(N)=S)c(NC2CCOCC2)n1. The van der Waals surface area contributed by atoms with Crippen molar-refractivity contribution in [3.8, 4) is 0 Å². The van der Waals surface area contributed by atoms with Crippen LogP contribution in [0.25, 0.3) is 0 Å². The third-order valence-corrected chi connectivity index (χ3v) is 3.36. The summed E-state index contributed by atoms with van der Waals surface area (Å²) in [4.78, 5) is 4.93. The fourth-order valence-electron chi connectivity index (χ4n) is 2.29. The van der Waals surface area contributed by atoms with E-state index in [2.05, 4.69) is 10.3 Å². The van der Waals surface area contributed by atoms with Crippen LogP contribution in [0.1, 0.15) is 29.7 Å². The van der Waals surface area contributed by atoms with Crippen LogP contribution < -0.4 is 11.1 Å². The van der Waals surface area contributed by atoms with Crippen LogP contribution in [0.5, 0.6) is 0 Å². The van der Waals surface area contributed by atoms with Gasteiger partial charge in [0.25, 0.3) is 0 Å². The molecule has 1 saturated heterocycles. The van der Waals surface area contributed by atoms with Gasteiger partial charge >= 0.3 is 0 Å². The highest BCUT2D eigenvalue weighted by molar-refractivity contribution is 7.80. The van der Waals surface area contributed by atoms with Crippen LogP contribution in [-0.2, 0) is 4.74 Å². The predicted molar refractivity (Wildman–Crippen MR) is 77.1 cm³/mol. The molecular formula is C13H19N3OS. The lowest BCUT2D eigenvalue weighted by molar-refractivity contribution is 0.0904. The summed E-state index contributed by atoms with van der Waals surface area (Å²) in [5.41, 5.74) is 8.71. The molecule has 98 valence electrons. The smallest absolute Gasteiger partial charge is 0.136 e. The Morgan fingerprint density at radius 1 is 1.44 bits per heavy atom. The van der Waals surface area contributed by atoms with Crippen molar-refractivity contribution in [1.82, 2.24) is 4.98 Å². The van der Waals surface area contributed by atoms with Gasteiger partial charge in [-0.25, -0.2) is 4.98 Å². The predicted octanol–water partition coefficient (Wildman–Crippen LogP) is 1.92. The molecule has 0 bridgehead atoms. The first-order valence-corrected chi connectivity index (χ1v) is 6.61. The van der Waals surface area contributed by atoms with Crippen molar-refractivity contribution in [3.05, 3.63) is 22.9 Å². The third kappa shape index (κ3) is 2.97. The summed E-state index contributed by atoms with van der Waals surface area (Å²) < 4.78 is 5.35. The summed E-state index contributed by atoms with van der Waals surface area (Å²) in [5, 5.41) is 3.45. The van der Waals surface area contributed by atoms with Crippen LogP contribution in [0, 0.1) is 13.8 Å². The van der Waals surface area contributed by atoms with Gasteiger partial charge in [-0.05, 0) is 38.3 Å². The highest BCUT2D eigenvalue weighted by atomic mass is 32.1. The number of nitrogens with two attached hydrogens (primary N) is 1. The lowest BCUT2D eigenvalue weighted by Gasteiger charge is -2.25. The van der Waals surface area contributed by atoms with Crippen LogP contribution in [0.4, 0.5) is 5.82 Å². The van der Waals surface area contributed by atoms with E-state index in [1.54, 1.807) is 0 Å². The molecule has 1 aromatic heterocycles. The van der Waals surface area contributed by atoms with E-state index in [1.165, 1.54) is 0 Å². The molecule has 0 amide bonds. The molecular weight excluding hydrogens is 246 g/mol. The van der Waals surface area contributed by atoms with Gasteiger partial charge in [0.2, 0.25) is 0 Å².